The van der Waals surface area contributed by atoms with E-state index < -0.39 is 35.1 Å². The molecule has 0 aliphatic carbocycles. The van der Waals surface area contributed by atoms with E-state index in [0.29, 0.717) is 83.5 Å². The Hall–Kier alpha value is -12.3. The quantitative estimate of drug-likeness (QED) is 0.00880. The second-order valence-electron chi connectivity index (χ2n) is 29.4. The lowest BCUT2D eigenvalue weighted by atomic mass is 9.83. The van der Waals surface area contributed by atoms with Crippen LogP contribution in [0, 0.1) is 81.1 Å². The number of hydrogen-bond donors (Lipinski definition) is 11. The van der Waals surface area contributed by atoms with Crippen molar-refractivity contribution in [1.29, 1.82) is 31.6 Å². The van der Waals surface area contributed by atoms with Crippen molar-refractivity contribution in [3.8, 4) is 93.9 Å². The third-order valence-corrected chi connectivity index (χ3v) is 25.7. The fourth-order valence-electron chi connectivity index (χ4n) is 13.7. The number of piperidine rings is 3. The van der Waals surface area contributed by atoms with E-state index in [1.807, 2.05) is 72.9 Å². The molecule has 0 spiro atoms. The number of halogens is 4. The van der Waals surface area contributed by atoms with Gasteiger partial charge in [-0.3, -0.25) is 18.7 Å². The summed E-state index contributed by atoms with van der Waals surface area (Å²) in [6, 6.07) is 42.0. The van der Waals surface area contributed by atoms with Crippen molar-refractivity contribution < 1.29 is 120 Å². The number of methoxy groups -OCH3 is 4. The van der Waals surface area contributed by atoms with E-state index >= 15 is 0 Å². The molecule has 16 N–H and O–H groups in total. The van der Waals surface area contributed by atoms with Crippen LogP contribution in [-0.4, -0.2) is 150 Å². The van der Waals surface area contributed by atoms with Crippen LogP contribution in [0.1, 0.15) is 137 Å². The van der Waals surface area contributed by atoms with Gasteiger partial charge >= 0.3 is 15.4 Å². The lowest BCUT2D eigenvalue weighted by molar-refractivity contribution is -0.662. The number of carbonyl (C=O) groups excluding carboxylic acids is 2. The summed E-state index contributed by atoms with van der Waals surface area (Å²) in [5.41, 5.74) is 19.1. The summed E-state index contributed by atoms with van der Waals surface area (Å²) in [6.45, 7) is 20.1. The molecule has 3 aromatic heterocycles. The van der Waals surface area contributed by atoms with E-state index in [0.717, 1.165) is 32.7 Å². The zero-order chi connectivity index (χ0) is 101. The number of benzene rings is 7. The molecule has 3 atom stereocenters. The number of rotatable bonds is 24. The number of carbonyl (C=O) groups is 2. The van der Waals surface area contributed by atoms with Gasteiger partial charge in [-0.2, -0.15) is 31.6 Å². The fraction of sp³-hybridized carbons (Fsp3) is 0.333. The van der Waals surface area contributed by atoms with E-state index in [-0.39, 0.29) is 131 Å². The number of aliphatic hydroxyl groups is 1. The number of quaternary nitrogens is 3. The number of aromatic hydroxyl groups is 2. The number of aliphatic hydroxyl groups excluding tert-OH is 1. The minimum absolute atomic E-state index is 0.00192. The molecule has 730 valence electrons. The van der Waals surface area contributed by atoms with E-state index in [2.05, 4.69) is 121 Å². The molecular formula is C93H103Br4N16O22P3. The molecule has 0 radical (unpaired) electrons. The highest BCUT2D eigenvalue weighted by Gasteiger charge is 2.36. The van der Waals surface area contributed by atoms with Crippen LogP contribution in [0.3, 0.4) is 0 Å². The third kappa shape index (κ3) is 35.6. The van der Waals surface area contributed by atoms with Gasteiger partial charge in [-0.1, -0.05) is 34.1 Å². The standard InChI is InChI=1S/C22H18BrN4O6P.C19H15BrN3O6P.C15H16BrN2O5P.C8H7BrO3.C8H7NO.3C5H11N.C3H2N2.C3H5NO/c1-30-18-10-12(9-16(23)21(18)33-34(28,29)31-8-2-6-24)19-14-3-4-17-13(5-7-27-17)20(14)32-22(26)15(19)11-25;1-27-15-7-9(6-13(20)18(15)29-30(24,25)26)16-11-2-3-14-10(4-5-23-14)17(11)28-19(22)12(16)8-21;1-21-15-9-12(10-19)8-14(16)13(15)11-24(20,22-6-2-4-17)23-7-3-5-18;1-12-7-3-5(4-10)2-6(9)8(7)11;10-8-3-1-2-7-6(8)4-5-9-7;3*1-2-4-6-5-3-1;1-5-3-2-4;1-4-2-3-5/h3-5,7,9-10,19,27H,2,8,26H2,1H3,(H,28,29);2-7,16,23H,22H2,1H3,(H2,24,25,26);8-10H,2-3,6-7,11H2,1H3;2-4,11H,1H3;1-5,9-10H;3*6H,1-5H2;3H2;5H,2-3H2. The van der Waals surface area contributed by atoms with Crippen molar-refractivity contribution in [1.82, 2.24) is 15.0 Å². The summed E-state index contributed by atoms with van der Waals surface area (Å²) in [5, 5.41) is 89.0. The summed E-state index contributed by atoms with van der Waals surface area (Å²) in [4.78, 5) is 70.5. The van der Waals surface area contributed by atoms with Gasteiger partial charge in [-0.25, -0.2) is 13.1 Å². The van der Waals surface area contributed by atoms with Crippen LogP contribution < -0.4 is 79.6 Å². The van der Waals surface area contributed by atoms with Gasteiger partial charge in [0.15, 0.2) is 34.5 Å². The molecule has 7 aromatic carbocycles. The van der Waals surface area contributed by atoms with Gasteiger partial charge in [-0.05, 0) is 208 Å². The molecule has 0 amide bonds. The van der Waals surface area contributed by atoms with Gasteiger partial charge < -0.3 is 138 Å². The summed E-state index contributed by atoms with van der Waals surface area (Å²) < 4.78 is 94.7. The molecule has 45 heteroatoms. The molecule has 3 saturated heterocycles. The highest BCUT2D eigenvalue weighted by Crippen LogP contribution is 2.56. The number of phosphoric acid groups is 2. The number of H-pyrrole nitrogens is 3. The molecule has 38 nitrogen and oxygen atoms in total. The van der Waals surface area contributed by atoms with E-state index in [1.165, 1.54) is 150 Å². The number of nitrogens with zero attached hydrogens (tertiary/aromatic N) is 8. The zero-order valence-electron chi connectivity index (χ0n) is 75.5. The number of nitriles is 6. The molecule has 3 unspecified atom stereocenters. The van der Waals surface area contributed by atoms with E-state index in [1.54, 1.807) is 54.9 Å². The molecule has 3 fully saturated rings. The Labute approximate surface area is 831 Å². The Kier molecular flexibility index (Phi) is 50.1. The van der Waals surface area contributed by atoms with Crippen LogP contribution in [0.25, 0.3) is 42.4 Å². The van der Waals surface area contributed by atoms with Gasteiger partial charge in [-0.15, -0.1) is 0 Å². The molecule has 15 rings (SSSR count). The first kappa shape index (κ1) is 114. The number of nitrogens with one attached hydrogen (secondary N) is 3. The van der Waals surface area contributed by atoms with Crippen molar-refractivity contribution in [2.24, 2.45) is 11.5 Å². The predicted molar refractivity (Wildman–Crippen MR) is 519 cm³/mol. The number of ether oxygens (including phenoxy) is 6. The lowest BCUT2D eigenvalue weighted by Crippen LogP contribution is -2.85. The van der Waals surface area contributed by atoms with Crippen molar-refractivity contribution in [3.05, 3.63) is 230 Å². The molecule has 0 bridgehead atoms. The molecule has 138 heavy (non-hydrogen) atoms. The Morgan fingerprint density at radius 3 is 1.28 bits per heavy atom. The lowest BCUT2D eigenvalue weighted by Gasteiger charge is -2.31. The summed E-state index contributed by atoms with van der Waals surface area (Å²) in [7, 11) is -8.18. The fourth-order valence-corrected chi connectivity index (χ4v) is 19.2. The monoisotopic (exact) mass is 2200 g/mol. The zero-order valence-corrected chi connectivity index (χ0v) is 84.6. The maximum Gasteiger partial charge on any atom is 0.335 e. The van der Waals surface area contributed by atoms with Crippen molar-refractivity contribution in [3.63, 3.8) is 0 Å². The number of hydrogen-bond acceptors (Lipinski definition) is 30. The maximum atomic E-state index is 12.9. The number of aromatic amines is 3. The van der Waals surface area contributed by atoms with Crippen molar-refractivity contribution in [2.75, 3.05) is 107 Å². The summed E-state index contributed by atoms with van der Waals surface area (Å²) in [6.07, 6.45) is 19.7. The highest BCUT2D eigenvalue weighted by molar-refractivity contribution is 9.11. The normalized spacial score (nSPS) is 14.6. The Morgan fingerprint density at radius 1 is 0.514 bits per heavy atom. The largest absolute Gasteiger partial charge is 0.780 e. The number of phenols is 2. The van der Waals surface area contributed by atoms with Gasteiger partial charge in [0.25, 0.3) is 6.54 Å². The second kappa shape index (κ2) is 60.4. The third-order valence-electron chi connectivity index (χ3n) is 20.0. The molecular weight excluding hydrogens is 2110 g/mol. The van der Waals surface area contributed by atoms with Crippen LogP contribution in [0.2, 0.25) is 0 Å². The van der Waals surface area contributed by atoms with E-state index in [9.17, 15) is 58.7 Å². The van der Waals surface area contributed by atoms with Crippen LogP contribution in [0.5, 0.6) is 57.5 Å². The smallest absolute Gasteiger partial charge is 0.335 e. The number of phenolic OH excluding ortho intramolecular Hbond substituents is 2. The number of aromatic nitrogens is 3. The first-order valence-corrected chi connectivity index (χ1v) is 50.4. The first-order valence-electron chi connectivity index (χ1n) is 42.5. The summed E-state index contributed by atoms with van der Waals surface area (Å²) in [5.74, 6) is 0.369. The van der Waals surface area contributed by atoms with Crippen LogP contribution >= 0.6 is 87.0 Å². The topological polar surface area (TPSA) is 617 Å². The van der Waals surface area contributed by atoms with Gasteiger partial charge in [0, 0.05) is 83.6 Å². The van der Waals surface area contributed by atoms with Crippen LogP contribution in [0.15, 0.2) is 169 Å². The minimum Gasteiger partial charge on any atom is -0.780 e. The van der Waals surface area contributed by atoms with E-state index in [4.69, 9.17) is 97.3 Å². The summed E-state index contributed by atoms with van der Waals surface area (Å²) >= 11 is 13.0. The Bertz CT molecular complexity index is 6230. The van der Waals surface area contributed by atoms with Crippen LogP contribution in [-0.2, 0) is 33.4 Å². The van der Waals surface area contributed by atoms with Crippen molar-refractivity contribution in [2.45, 2.75) is 95.0 Å². The minimum atomic E-state index is -5.32. The average Bonchev–Trinajstić information content (AvgIpc) is 1.32. The molecule has 5 aliphatic rings. The molecule has 5 aliphatic heterocycles. The Morgan fingerprint density at radius 2 is 0.928 bits per heavy atom. The SMILES string of the molecule is C1CC[NH2+]CC1.C1CC[NH2+]CC1.C1CC[NH2+]CC1.COc1cc(C2C(C#N)=C(N)Oc3c2ccc2[nH]ccc32)cc(Br)c1OP(=O)([O-])OCCC#N.COc1cc(C2C(C#N)=C(N)Oc3c2ccc2[nH]ccc32)cc(Br)c1OP(=O)([O-])[O-].COc1cc(C=O)cc(Br)c1CP(=O)(OCCC#N)OCCC#N.COc1cc(C=O)cc(Br)c1O.Oc1cccc2[nH]ccc12.[C-]#[N+]CC#N.[C-]#[N+]CCO. The van der Waals surface area contributed by atoms with Gasteiger partial charge in [0.1, 0.15) is 79.4 Å². The molecule has 8 heterocycles. The van der Waals surface area contributed by atoms with Gasteiger partial charge in [0.2, 0.25) is 18.3 Å². The van der Waals surface area contributed by atoms with Crippen molar-refractivity contribution >= 4 is 132 Å². The number of nitrogens with two attached hydrogens (primary N) is 5. The molecule has 10 aromatic rings. The first-order chi connectivity index (χ1) is 66.4. The predicted octanol–water partition coefficient (Wildman–Crippen LogP) is 13.5. The number of allylic oxidation sites excluding steroid dienone is 2. The van der Waals surface area contributed by atoms with Crippen LogP contribution in [0.4, 0.5) is 0 Å². The maximum absolute atomic E-state index is 12.9. The molecule has 0 saturated carbocycles. The number of aldehydes is 2. The highest BCUT2D eigenvalue weighted by atomic mass is 79.9. The Balaban J connectivity index is 0.000000255. The number of fused-ring (bicyclic) bond motifs is 7. The second-order valence-corrected chi connectivity index (χ2v) is 37.3. The average molecular weight is 2210 g/mol. The number of phosphoric ester groups is 2. The van der Waals surface area contributed by atoms with Gasteiger partial charge in [0.05, 0.1) is 156 Å².